The second-order valence-corrected chi connectivity index (χ2v) is 5.31. The van der Waals surface area contributed by atoms with Gasteiger partial charge in [0.05, 0.1) is 4.88 Å². The van der Waals surface area contributed by atoms with Crippen molar-refractivity contribution in [3.63, 3.8) is 0 Å². The van der Waals surface area contributed by atoms with E-state index in [9.17, 15) is 4.79 Å². The Bertz CT molecular complexity index is 708. The topological polar surface area (TPSA) is 68.0 Å². The summed E-state index contributed by atoms with van der Waals surface area (Å²) in [4.78, 5) is 17.1. The molecule has 0 aliphatic rings. The van der Waals surface area contributed by atoms with Gasteiger partial charge >= 0.3 is 0 Å². The van der Waals surface area contributed by atoms with Gasteiger partial charge in [0.2, 0.25) is 11.7 Å². The largest absolute Gasteiger partial charge is 0.352 e. The molecule has 0 fully saturated rings. The van der Waals surface area contributed by atoms with E-state index in [1.54, 1.807) is 23.5 Å². The molecule has 6 heteroatoms. The van der Waals surface area contributed by atoms with Crippen LogP contribution in [0.15, 0.2) is 52.4 Å². The lowest BCUT2D eigenvalue weighted by molar-refractivity contribution is 0.0953. The van der Waals surface area contributed by atoms with Gasteiger partial charge in [0.25, 0.3) is 5.91 Å². The zero-order chi connectivity index (χ0) is 14.5. The number of hydrogen-bond donors (Lipinski definition) is 1. The van der Waals surface area contributed by atoms with Gasteiger partial charge in [-0.05, 0) is 23.6 Å². The standard InChI is InChI=1S/C15H13N3O2S/c19-15(11-5-2-1-3-6-11)16-9-8-13-17-14(18-20-13)12-7-4-10-21-12/h1-7,10H,8-9H2,(H,16,19). The van der Waals surface area contributed by atoms with Crippen LogP contribution < -0.4 is 5.32 Å². The summed E-state index contributed by atoms with van der Waals surface area (Å²) in [5, 5.41) is 8.72. The monoisotopic (exact) mass is 299 g/mol. The van der Waals surface area contributed by atoms with Crippen LogP contribution in [-0.2, 0) is 6.42 Å². The Labute approximate surface area is 125 Å². The summed E-state index contributed by atoms with van der Waals surface area (Å²) in [6.07, 6.45) is 0.511. The molecule has 106 valence electrons. The molecule has 2 aromatic heterocycles. The normalized spacial score (nSPS) is 10.5. The van der Waals surface area contributed by atoms with Crippen LogP contribution in [0.25, 0.3) is 10.7 Å². The van der Waals surface area contributed by atoms with Gasteiger partial charge in [0.15, 0.2) is 0 Å². The Morgan fingerprint density at radius 1 is 1.19 bits per heavy atom. The predicted octanol–water partition coefficient (Wildman–Crippen LogP) is 2.77. The number of nitrogens with one attached hydrogen (secondary N) is 1. The maximum Gasteiger partial charge on any atom is 0.251 e. The van der Waals surface area contributed by atoms with E-state index in [4.69, 9.17) is 4.52 Å². The summed E-state index contributed by atoms with van der Waals surface area (Å²) < 4.78 is 5.17. The lowest BCUT2D eigenvalue weighted by Gasteiger charge is -2.02. The van der Waals surface area contributed by atoms with Crippen molar-refractivity contribution < 1.29 is 9.32 Å². The van der Waals surface area contributed by atoms with Crippen molar-refractivity contribution in [2.75, 3.05) is 6.54 Å². The zero-order valence-electron chi connectivity index (χ0n) is 11.2. The second kappa shape index (κ2) is 6.32. The van der Waals surface area contributed by atoms with Crippen molar-refractivity contribution in [3.05, 3.63) is 59.3 Å². The summed E-state index contributed by atoms with van der Waals surface area (Å²) in [7, 11) is 0. The maximum absolute atomic E-state index is 11.9. The van der Waals surface area contributed by atoms with Crippen LogP contribution in [0, 0.1) is 0 Å². The summed E-state index contributed by atoms with van der Waals surface area (Å²) in [5.74, 6) is 1.01. The fourth-order valence-electron chi connectivity index (χ4n) is 1.84. The number of carbonyl (C=O) groups is 1. The number of benzene rings is 1. The minimum Gasteiger partial charge on any atom is -0.352 e. The van der Waals surface area contributed by atoms with Crippen LogP contribution in [0.3, 0.4) is 0 Å². The molecule has 3 aromatic rings. The first-order chi connectivity index (χ1) is 10.3. The molecule has 0 unspecified atom stereocenters. The highest BCUT2D eigenvalue weighted by atomic mass is 32.1. The van der Waals surface area contributed by atoms with Crippen molar-refractivity contribution in [3.8, 4) is 10.7 Å². The highest BCUT2D eigenvalue weighted by Gasteiger charge is 2.10. The highest BCUT2D eigenvalue weighted by Crippen LogP contribution is 2.21. The number of hydrogen-bond acceptors (Lipinski definition) is 5. The molecule has 0 spiro atoms. The number of thiophene rings is 1. The fourth-order valence-corrected chi connectivity index (χ4v) is 2.49. The van der Waals surface area contributed by atoms with Crippen molar-refractivity contribution in [1.29, 1.82) is 0 Å². The zero-order valence-corrected chi connectivity index (χ0v) is 12.0. The maximum atomic E-state index is 11.9. The van der Waals surface area contributed by atoms with E-state index in [-0.39, 0.29) is 5.91 Å². The Balaban J connectivity index is 1.53. The summed E-state index contributed by atoms with van der Waals surface area (Å²) >= 11 is 1.56. The molecule has 0 radical (unpaired) electrons. The highest BCUT2D eigenvalue weighted by molar-refractivity contribution is 7.13. The van der Waals surface area contributed by atoms with Crippen LogP contribution in [0.5, 0.6) is 0 Å². The number of amides is 1. The van der Waals surface area contributed by atoms with Gasteiger partial charge in [0.1, 0.15) is 0 Å². The van der Waals surface area contributed by atoms with E-state index < -0.39 is 0 Å². The minimum atomic E-state index is -0.103. The molecular formula is C15H13N3O2S. The summed E-state index contributed by atoms with van der Waals surface area (Å²) in [6, 6.07) is 13.0. The van der Waals surface area contributed by atoms with E-state index >= 15 is 0 Å². The molecule has 2 heterocycles. The Morgan fingerprint density at radius 2 is 2.05 bits per heavy atom. The Kier molecular flexibility index (Phi) is 4.07. The molecule has 5 nitrogen and oxygen atoms in total. The average Bonchev–Trinajstić information content (AvgIpc) is 3.19. The lowest BCUT2D eigenvalue weighted by atomic mass is 10.2. The second-order valence-electron chi connectivity index (χ2n) is 4.36. The van der Waals surface area contributed by atoms with Crippen LogP contribution >= 0.6 is 11.3 Å². The van der Waals surface area contributed by atoms with E-state index in [0.717, 1.165) is 4.88 Å². The molecular weight excluding hydrogens is 286 g/mol. The minimum absolute atomic E-state index is 0.103. The molecule has 0 saturated heterocycles. The van der Waals surface area contributed by atoms with Gasteiger partial charge in [-0.1, -0.05) is 29.4 Å². The van der Waals surface area contributed by atoms with E-state index in [1.807, 2.05) is 35.7 Å². The molecule has 0 aliphatic heterocycles. The summed E-state index contributed by atoms with van der Waals surface area (Å²) in [6.45, 7) is 0.458. The molecule has 1 amide bonds. The first-order valence-electron chi connectivity index (χ1n) is 6.52. The number of aromatic nitrogens is 2. The smallest absolute Gasteiger partial charge is 0.251 e. The van der Waals surface area contributed by atoms with Crippen LogP contribution in [0.2, 0.25) is 0 Å². The third-order valence-corrected chi connectivity index (χ3v) is 3.74. The molecule has 0 saturated carbocycles. The van der Waals surface area contributed by atoms with Crippen LogP contribution in [0.4, 0.5) is 0 Å². The van der Waals surface area contributed by atoms with Crippen LogP contribution in [-0.4, -0.2) is 22.6 Å². The first-order valence-corrected chi connectivity index (χ1v) is 7.40. The van der Waals surface area contributed by atoms with Crippen molar-refractivity contribution >= 4 is 17.2 Å². The average molecular weight is 299 g/mol. The van der Waals surface area contributed by atoms with Gasteiger partial charge in [-0.15, -0.1) is 11.3 Å². The first kappa shape index (κ1) is 13.5. The number of nitrogens with zero attached hydrogens (tertiary/aromatic N) is 2. The predicted molar refractivity (Wildman–Crippen MR) is 80.1 cm³/mol. The van der Waals surface area contributed by atoms with E-state index in [1.165, 1.54) is 0 Å². The molecule has 21 heavy (non-hydrogen) atoms. The third kappa shape index (κ3) is 3.35. The van der Waals surface area contributed by atoms with Crippen LogP contribution in [0.1, 0.15) is 16.2 Å². The lowest BCUT2D eigenvalue weighted by Crippen LogP contribution is -2.25. The Hall–Kier alpha value is -2.47. The molecule has 1 N–H and O–H groups in total. The van der Waals surface area contributed by atoms with E-state index in [2.05, 4.69) is 15.5 Å². The van der Waals surface area contributed by atoms with Gasteiger partial charge in [-0.2, -0.15) is 4.98 Å². The van der Waals surface area contributed by atoms with Crippen molar-refractivity contribution in [2.24, 2.45) is 0 Å². The Morgan fingerprint density at radius 3 is 2.81 bits per heavy atom. The van der Waals surface area contributed by atoms with Gasteiger partial charge in [-0.25, -0.2) is 0 Å². The van der Waals surface area contributed by atoms with Crippen molar-refractivity contribution in [2.45, 2.75) is 6.42 Å². The van der Waals surface area contributed by atoms with E-state index in [0.29, 0.717) is 30.2 Å². The molecule has 1 aromatic carbocycles. The van der Waals surface area contributed by atoms with Gasteiger partial charge in [-0.3, -0.25) is 4.79 Å². The van der Waals surface area contributed by atoms with Gasteiger partial charge in [0, 0.05) is 18.5 Å². The summed E-state index contributed by atoms with van der Waals surface area (Å²) in [5.41, 5.74) is 0.641. The molecule has 0 atom stereocenters. The molecule has 0 aliphatic carbocycles. The fraction of sp³-hybridized carbons (Fsp3) is 0.133. The molecule has 3 rings (SSSR count). The third-order valence-electron chi connectivity index (χ3n) is 2.87. The van der Waals surface area contributed by atoms with Gasteiger partial charge < -0.3 is 9.84 Å². The van der Waals surface area contributed by atoms with Crippen molar-refractivity contribution in [1.82, 2.24) is 15.5 Å². The quantitative estimate of drug-likeness (QED) is 0.786. The molecule has 0 bridgehead atoms. The SMILES string of the molecule is O=C(NCCc1nc(-c2cccs2)no1)c1ccccc1. The number of carbonyl (C=O) groups excluding carboxylic acids is 1. The number of rotatable bonds is 5.